The molecule has 0 amide bonds. The van der Waals surface area contributed by atoms with Crippen molar-refractivity contribution in [1.29, 1.82) is 0 Å². The molecule has 0 saturated carbocycles. The van der Waals surface area contributed by atoms with Gasteiger partial charge in [0.15, 0.2) is 9.37 Å². The van der Waals surface area contributed by atoms with E-state index < -0.39 is 10.9 Å². The van der Waals surface area contributed by atoms with Gasteiger partial charge in [0.1, 0.15) is 5.82 Å². The maximum atomic E-state index is 10.9. The van der Waals surface area contributed by atoms with E-state index in [4.69, 9.17) is 5.11 Å². The molecule has 8 nitrogen and oxygen atoms in total. The van der Waals surface area contributed by atoms with E-state index in [1.54, 1.807) is 6.92 Å². The van der Waals surface area contributed by atoms with Gasteiger partial charge in [0.25, 0.3) is 0 Å². The van der Waals surface area contributed by atoms with Crippen molar-refractivity contribution >= 4 is 35.0 Å². The number of hydrogen-bond acceptors (Lipinski definition) is 8. The van der Waals surface area contributed by atoms with Crippen molar-refractivity contribution in [2.75, 3.05) is 0 Å². The van der Waals surface area contributed by atoms with Crippen LogP contribution in [0.25, 0.3) is 0 Å². The summed E-state index contributed by atoms with van der Waals surface area (Å²) in [5.41, 5.74) is -0.595. The van der Waals surface area contributed by atoms with Gasteiger partial charge in [-0.3, -0.25) is 10.1 Å². The Morgan fingerprint density at radius 3 is 2.84 bits per heavy atom. The number of nitrogens with zero attached hydrogens (tertiary/aromatic N) is 4. The molecule has 2 heterocycles. The van der Waals surface area contributed by atoms with Crippen LogP contribution in [-0.4, -0.2) is 30.3 Å². The highest BCUT2D eigenvalue weighted by molar-refractivity contribution is 8.01. The quantitative estimate of drug-likeness (QED) is 0.672. The van der Waals surface area contributed by atoms with Crippen LogP contribution in [0.3, 0.4) is 0 Å². The zero-order chi connectivity index (χ0) is 14.0. The molecule has 2 aromatic rings. The summed E-state index contributed by atoms with van der Waals surface area (Å²) in [6.07, 6.45) is 1.07. The minimum Gasteiger partial charge on any atom is -0.478 e. The lowest BCUT2D eigenvalue weighted by molar-refractivity contribution is -0.388. The van der Waals surface area contributed by atoms with Gasteiger partial charge in [-0.25, -0.2) is 14.8 Å². The average Bonchev–Trinajstić information content (AvgIpc) is 2.74. The molecule has 0 aliphatic rings. The number of aromatic carboxylic acids is 1. The van der Waals surface area contributed by atoms with Gasteiger partial charge >= 0.3 is 11.7 Å². The van der Waals surface area contributed by atoms with E-state index in [0.29, 0.717) is 10.2 Å². The third kappa shape index (κ3) is 3.03. The third-order valence-corrected chi connectivity index (χ3v) is 3.82. The first kappa shape index (κ1) is 13.4. The average molecular weight is 298 g/mol. The zero-order valence-corrected chi connectivity index (χ0v) is 11.1. The van der Waals surface area contributed by atoms with Gasteiger partial charge in [0.05, 0.1) is 10.5 Å². The molecule has 0 spiro atoms. The molecule has 0 unspecified atom stereocenters. The van der Waals surface area contributed by atoms with E-state index in [0.717, 1.165) is 35.6 Å². The minimum absolute atomic E-state index is 0.0890. The molecule has 0 saturated heterocycles. The van der Waals surface area contributed by atoms with Crippen LogP contribution in [0.2, 0.25) is 0 Å². The first-order valence-electron chi connectivity index (χ1n) is 4.83. The van der Waals surface area contributed by atoms with Crippen molar-refractivity contribution in [3.63, 3.8) is 0 Å². The monoisotopic (exact) mass is 298 g/mol. The van der Waals surface area contributed by atoms with Crippen LogP contribution in [0.4, 0.5) is 5.69 Å². The summed E-state index contributed by atoms with van der Waals surface area (Å²) in [4.78, 5) is 28.9. The van der Waals surface area contributed by atoms with Gasteiger partial charge in [0, 0.05) is 12.3 Å². The molecular weight excluding hydrogens is 292 g/mol. The summed E-state index contributed by atoms with van der Waals surface area (Å²) in [5, 5.41) is 19.8. The zero-order valence-electron chi connectivity index (χ0n) is 9.43. The summed E-state index contributed by atoms with van der Waals surface area (Å²) in [5.74, 6) is -0.698. The maximum Gasteiger partial charge on any atom is 0.337 e. The van der Waals surface area contributed by atoms with Crippen LogP contribution >= 0.6 is 23.3 Å². The molecule has 0 atom stereocenters. The number of aromatic nitrogens is 3. The number of aryl methyl sites for hydroxylation is 1. The van der Waals surface area contributed by atoms with E-state index in [-0.39, 0.29) is 16.3 Å². The fraction of sp³-hybridized carbons (Fsp3) is 0.111. The molecule has 0 radical (unpaired) electrons. The van der Waals surface area contributed by atoms with Gasteiger partial charge in [-0.15, -0.1) is 0 Å². The number of carboxylic acids is 1. The molecule has 0 aliphatic carbocycles. The van der Waals surface area contributed by atoms with Crippen molar-refractivity contribution in [1.82, 2.24) is 14.3 Å². The molecule has 10 heteroatoms. The minimum atomic E-state index is -1.26. The molecule has 0 bridgehead atoms. The maximum absolute atomic E-state index is 10.9. The first-order valence-corrected chi connectivity index (χ1v) is 6.42. The van der Waals surface area contributed by atoms with Crippen LogP contribution in [0.5, 0.6) is 0 Å². The Morgan fingerprint density at radius 1 is 1.58 bits per heavy atom. The summed E-state index contributed by atoms with van der Waals surface area (Å²) in [7, 11) is 0. The SMILES string of the molecule is Cc1nsc(Sc2ncc(C(=O)O)cc2[N+](=O)[O-])n1. The van der Waals surface area contributed by atoms with Gasteiger partial charge in [-0.05, 0) is 30.2 Å². The summed E-state index contributed by atoms with van der Waals surface area (Å²) in [6, 6.07) is 0.978. The third-order valence-electron chi connectivity index (χ3n) is 1.97. The predicted octanol–water partition coefficient (Wildman–Crippen LogP) is 2.00. The largest absolute Gasteiger partial charge is 0.478 e. The highest BCUT2D eigenvalue weighted by Crippen LogP contribution is 2.34. The van der Waals surface area contributed by atoms with Crippen molar-refractivity contribution in [3.05, 3.63) is 33.8 Å². The van der Waals surface area contributed by atoms with Crippen LogP contribution in [0, 0.1) is 17.0 Å². The van der Waals surface area contributed by atoms with Crippen LogP contribution < -0.4 is 0 Å². The molecule has 2 rings (SSSR count). The van der Waals surface area contributed by atoms with Crippen LogP contribution in [-0.2, 0) is 0 Å². The molecular formula is C9H6N4O4S2. The van der Waals surface area contributed by atoms with Gasteiger partial charge in [0.2, 0.25) is 0 Å². The van der Waals surface area contributed by atoms with E-state index >= 15 is 0 Å². The number of nitro groups is 1. The normalized spacial score (nSPS) is 10.4. The first-order chi connectivity index (χ1) is 8.97. The molecule has 2 aromatic heterocycles. The Morgan fingerprint density at radius 2 is 2.32 bits per heavy atom. The second-order valence-corrected chi connectivity index (χ2v) is 5.31. The topological polar surface area (TPSA) is 119 Å². The second kappa shape index (κ2) is 5.28. The second-order valence-electron chi connectivity index (χ2n) is 3.32. The predicted molar refractivity (Wildman–Crippen MR) is 66.6 cm³/mol. The molecule has 0 fully saturated rings. The van der Waals surface area contributed by atoms with Crippen LogP contribution in [0.15, 0.2) is 21.6 Å². The fourth-order valence-corrected chi connectivity index (χ4v) is 2.78. The number of carbonyl (C=O) groups is 1. The lowest BCUT2D eigenvalue weighted by Crippen LogP contribution is -2.01. The van der Waals surface area contributed by atoms with E-state index in [1.165, 1.54) is 0 Å². The van der Waals surface area contributed by atoms with Gasteiger partial charge in [-0.2, -0.15) is 4.37 Å². The van der Waals surface area contributed by atoms with E-state index in [9.17, 15) is 14.9 Å². The lowest BCUT2D eigenvalue weighted by atomic mass is 10.3. The Balaban J connectivity index is 2.39. The smallest absolute Gasteiger partial charge is 0.337 e. The Labute approximate surface area is 114 Å². The van der Waals surface area contributed by atoms with Crippen molar-refractivity contribution in [3.8, 4) is 0 Å². The van der Waals surface area contributed by atoms with Crippen molar-refractivity contribution < 1.29 is 14.8 Å². The molecule has 0 aromatic carbocycles. The van der Waals surface area contributed by atoms with E-state index in [2.05, 4.69) is 14.3 Å². The standard InChI is InChI=1S/C9H6N4O4S2/c1-4-11-9(19-12-4)18-7-6(13(16)17)2-5(3-10-7)8(14)15/h2-3H,1H3,(H,14,15). The molecule has 1 N–H and O–H groups in total. The number of carboxylic acid groups (broad SMARTS) is 1. The molecule has 0 aliphatic heterocycles. The Kier molecular flexibility index (Phi) is 3.71. The van der Waals surface area contributed by atoms with Gasteiger partial charge < -0.3 is 5.11 Å². The summed E-state index contributed by atoms with van der Waals surface area (Å²) in [6.45, 7) is 1.70. The van der Waals surface area contributed by atoms with E-state index in [1.807, 2.05) is 0 Å². The van der Waals surface area contributed by atoms with Crippen molar-refractivity contribution in [2.45, 2.75) is 16.3 Å². The fourth-order valence-electron chi connectivity index (χ4n) is 1.17. The molecule has 98 valence electrons. The summed E-state index contributed by atoms with van der Waals surface area (Å²) >= 11 is 2.08. The van der Waals surface area contributed by atoms with Crippen molar-refractivity contribution in [2.24, 2.45) is 0 Å². The molecule has 19 heavy (non-hydrogen) atoms. The van der Waals surface area contributed by atoms with Gasteiger partial charge in [-0.1, -0.05) is 0 Å². The number of pyridine rings is 1. The Hall–Kier alpha value is -2.07. The number of hydrogen-bond donors (Lipinski definition) is 1. The number of rotatable bonds is 4. The Bertz CT molecular complexity index is 657. The lowest BCUT2D eigenvalue weighted by Gasteiger charge is -2.00. The van der Waals surface area contributed by atoms with Crippen LogP contribution in [0.1, 0.15) is 16.2 Å². The highest BCUT2D eigenvalue weighted by Gasteiger charge is 2.21. The summed E-state index contributed by atoms with van der Waals surface area (Å²) < 4.78 is 4.46. The highest BCUT2D eigenvalue weighted by atomic mass is 32.2.